The van der Waals surface area contributed by atoms with Gasteiger partial charge in [-0.2, -0.15) is 0 Å². The second-order valence-electron chi connectivity index (χ2n) is 4.47. The Balaban J connectivity index is 1.87. The molecule has 0 spiro atoms. The highest BCUT2D eigenvalue weighted by atomic mass is 32.1. The summed E-state index contributed by atoms with van der Waals surface area (Å²) in [6.07, 6.45) is 0.909. The molecule has 0 radical (unpaired) electrons. The molecular formula is C14H14N2OS. The number of hydrogen-bond donors (Lipinski definition) is 1. The van der Waals surface area contributed by atoms with Crippen molar-refractivity contribution < 1.29 is 4.79 Å². The lowest BCUT2D eigenvalue weighted by molar-refractivity contribution is 0.0729. The van der Waals surface area contributed by atoms with Crippen molar-refractivity contribution in [2.24, 2.45) is 0 Å². The third-order valence-electron chi connectivity index (χ3n) is 3.23. The van der Waals surface area contributed by atoms with Gasteiger partial charge in [0.25, 0.3) is 5.91 Å². The van der Waals surface area contributed by atoms with E-state index < -0.39 is 0 Å². The Morgan fingerprint density at radius 1 is 1.33 bits per heavy atom. The van der Waals surface area contributed by atoms with Gasteiger partial charge in [0.05, 0.1) is 6.54 Å². The summed E-state index contributed by atoms with van der Waals surface area (Å²) in [4.78, 5) is 15.5. The summed E-state index contributed by atoms with van der Waals surface area (Å²) in [5.41, 5.74) is 8.28. The Kier molecular flexibility index (Phi) is 2.80. The van der Waals surface area contributed by atoms with E-state index in [1.807, 2.05) is 28.5 Å². The van der Waals surface area contributed by atoms with Crippen LogP contribution in [0.25, 0.3) is 0 Å². The number of nitrogens with zero attached hydrogens (tertiary/aromatic N) is 1. The van der Waals surface area contributed by atoms with Crippen LogP contribution in [-0.4, -0.2) is 17.4 Å². The van der Waals surface area contributed by atoms with Gasteiger partial charge in [-0.1, -0.05) is 12.1 Å². The molecule has 3 nitrogen and oxygen atoms in total. The highest BCUT2D eigenvalue weighted by molar-refractivity contribution is 7.09. The predicted molar refractivity (Wildman–Crippen MR) is 73.6 cm³/mol. The van der Waals surface area contributed by atoms with E-state index in [1.165, 1.54) is 4.88 Å². The smallest absolute Gasteiger partial charge is 0.254 e. The summed E-state index contributed by atoms with van der Waals surface area (Å²) in [5.74, 6) is 0.0944. The number of hydrogen-bond acceptors (Lipinski definition) is 3. The van der Waals surface area contributed by atoms with Crippen molar-refractivity contribution in [2.45, 2.75) is 13.0 Å². The van der Waals surface area contributed by atoms with Crippen LogP contribution in [0.5, 0.6) is 0 Å². The molecule has 1 amide bonds. The summed E-state index contributed by atoms with van der Waals surface area (Å²) < 4.78 is 0. The first-order valence-corrected chi connectivity index (χ1v) is 6.82. The lowest BCUT2D eigenvalue weighted by Crippen LogP contribution is -2.36. The van der Waals surface area contributed by atoms with Crippen molar-refractivity contribution in [1.29, 1.82) is 0 Å². The Morgan fingerprint density at radius 2 is 2.22 bits per heavy atom. The second-order valence-corrected chi connectivity index (χ2v) is 5.50. The molecule has 0 fully saturated rings. The van der Waals surface area contributed by atoms with Crippen molar-refractivity contribution in [3.8, 4) is 0 Å². The Labute approximate surface area is 110 Å². The van der Waals surface area contributed by atoms with Crippen LogP contribution in [0.2, 0.25) is 0 Å². The maximum absolute atomic E-state index is 12.4. The maximum atomic E-state index is 12.4. The van der Waals surface area contributed by atoms with E-state index in [1.54, 1.807) is 17.4 Å². The molecule has 1 aliphatic rings. The zero-order valence-corrected chi connectivity index (χ0v) is 10.7. The quantitative estimate of drug-likeness (QED) is 0.841. The maximum Gasteiger partial charge on any atom is 0.254 e. The molecule has 0 bridgehead atoms. The summed E-state index contributed by atoms with van der Waals surface area (Å²) in [6, 6.07) is 9.69. The predicted octanol–water partition coefficient (Wildman–Crippen LogP) is 2.53. The SMILES string of the molecule is Nc1ccc2c(c1)C(=O)N(Cc1cccs1)CC2. The molecule has 1 aromatic heterocycles. The Morgan fingerprint density at radius 3 is 3.00 bits per heavy atom. The number of nitrogens with two attached hydrogens (primary N) is 1. The van der Waals surface area contributed by atoms with Gasteiger partial charge in [-0.15, -0.1) is 11.3 Å². The topological polar surface area (TPSA) is 46.3 Å². The van der Waals surface area contributed by atoms with E-state index in [0.29, 0.717) is 12.2 Å². The molecule has 0 aliphatic carbocycles. The van der Waals surface area contributed by atoms with Crippen LogP contribution in [0.4, 0.5) is 5.69 Å². The van der Waals surface area contributed by atoms with Crippen LogP contribution in [0.1, 0.15) is 20.8 Å². The van der Waals surface area contributed by atoms with E-state index in [-0.39, 0.29) is 5.91 Å². The standard InChI is InChI=1S/C14H14N2OS/c15-11-4-3-10-5-6-16(14(17)13(10)8-11)9-12-2-1-7-18-12/h1-4,7-8H,5-6,9,15H2. The lowest BCUT2D eigenvalue weighted by Gasteiger charge is -2.28. The Bertz CT molecular complexity index is 577. The van der Waals surface area contributed by atoms with Crippen LogP contribution in [0.15, 0.2) is 35.7 Å². The number of nitrogen functional groups attached to an aromatic ring is 1. The van der Waals surface area contributed by atoms with Crippen molar-refractivity contribution in [2.75, 3.05) is 12.3 Å². The van der Waals surface area contributed by atoms with E-state index in [2.05, 4.69) is 6.07 Å². The van der Waals surface area contributed by atoms with Crippen LogP contribution in [0.3, 0.4) is 0 Å². The third kappa shape index (κ3) is 1.99. The summed E-state index contributed by atoms with van der Waals surface area (Å²) in [7, 11) is 0. The van der Waals surface area contributed by atoms with Gasteiger partial charge < -0.3 is 10.6 Å². The van der Waals surface area contributed by atoms with Gasteiger partial charge in [0.2, 0.25) is 0 Å². The molecule has 3 rings (SSSR count). The number of carbonyl (C=O) groups excluding carboxylic acids is 1. The molecule has 2 aromatic rings. The largest absolute Gasteiger partial charge is 0.399 e. The minimum atomic E-state index is 0.0944. The van der Waals surface area contributed by atoms with Crippen LogP contribution in [-0.2, 0) is 13.0 Å². The molecule has 2 N–H and O–H groups in total. The first kappa shape index (κ1) is 11.3. The number of rotatable bonds is 2. The molecule has 0 saturated carbocycles. The zero-order chi connectivity index (χ0) is 12.5. The fourth-order valence-electron chi connectivity index (χ4n) is 2.28. The van der Waals surface area contributed by atoms with E-state index >= 15 is 0 Å². The average molecular weight is 258 g/mol. The molecule has 2 heterocycles. The van der Waals surface area contributed by atoms with Gasteiger partial charge in [-0.05, 0) is 35.6 Å². The Hall–Kier alpha value is -1.81. The average Bonchev–Trinajstić information content (AvgIpc) is 2.86. The van der Waals surface area contributed by atoms with E-state index in [4.69, 9.17) is 5.73 Å². The fourth-order valence-corrected chi connectivity index (χ4v) is 3.00. The number of amides is 1. The highest BCUT2D eigenvalue weighted by Crippen LogP contribution is 2.23. The summed E-state index contributed by atoms with van der Waals surface area (Å²) >= 11 is 1.68. The van der Waals surface area contributed by atoms with Crippen molar-refractivity contribution in [3.63, 3.8) is 0 Å². The fraction of sp³-hybridized carbons (Fsp3) is 0.214. The van der Waals surface area contributed by atoms with Gasteiger partial charge in [0, 0.05) is 22.7 Å². The monoisotopic (exact) mass is 258 g/mol. The first-order valence-electron chi connectivity index (χ1n) is 5.94. The number of thiophene rings is 1. The molecule has 4 heteroatoms. The molecular weight excluding hydrogens is 244 g/mol. The van der Waals surface area contributed by atoms with Gasteiger partial charge >= 0.3 is 0 Å². The normalized spacial score (nSPS) is 14.7. The minimum Gasteiger partial charge on any atom is -0.399 e. The highest BCUT2D eigenvalue weighted by Gasteiger charge is 2.24. The van der Waals surface area contributed by atoms with Gasteiger partial charge in [-0.3, -0.25) is 4.79 Å². The second kappa shape index (κ2) is 4.46. The number of anilines is 1. The number of fused-ring (bicyclic) bond motifs is 1. The lowest BCUT2D eigenvalue weighted by atomic mass is 9.98. The third-order valence-corrected chi connectivity index (χ3v) is 4.09. The van der Waals surface area contributed by atoms with Crippen LogP contribution >= 0.6 is 11.3 Å². The van der Waals surface area contributed by atoms with Crippen LogP contribution in [0, 0.1) is 0 Å². The zero-order valence-electron chi connectivity index (χ0n) is 9.93. The van der Waals surface area contributed by atoms with Crippen molar-refractivity contribution in [1.82, 2.24) is 4.90 Å². The van der Waals surface area contributed by atoms with E-state index in [0.717, 1.165) is 24.1 Å². The number of carbonyl (C=O) groups is 1. The summed E-state index contributed by atoms with van der Waals surface area (Å²) in [6.45, 7) is 1.48. The van der Waals surface area contributed by atoms with Gasteiger partial charge in [0.1, 0.15) is 0 Å². The first-order chi connectivity index (χ1) is 8.74. The van der Waals surface area contributed by atoms with Gasteiger partial charge in [-0.25, -0.2) is 0 Å². The van der Waals surface area contributed by atoms with Gasteiger partial charge in [0.15, 0.2) is 0 Å². The molecule has 1 aliphatic heterocycles. The van der Waals surface area contributed by atoms with Crippen LogP contribution < -0.4 is 5.73 Å². The summed E-state index contributed by atoms with van der Waals surface area (Å²) in [5, 5.41) is 2.04. The minimum absolute atomic E-state index is 0.0944. The molecule has 18 heavy (non-hydrogen) atoms. The molecule has 92 valence electrons. The molecule has 0 unspecified atom stereocenters. The molecule has 1 aromatic carbocycles. The molecule has 0 saturated heterocycles. The number of benzene rings is 1. The van der Waals surface area contributed by atoms with Crippen molar-refractivity contribution in [3.05, 3.63) is 51.7 Å². The van der Waals surface area contributed by atoms with Crippen molar-refractivity contribution >= 4 is 22.9 Å². The molecule has 0 atom stereocenters. The van der Waals surface area contributed by atoms with E-state index in [9.17, 15) is 4.79 Å².